The van der Waals surface area contributed by atoms with E-state index in [2.05, 4.69) is 26.0 Å². The van der Waals surface area contributed by atoms with Crippen molar-refractivity contribution in [1.82, 2.24) is 15.8 Å². The molecule has 1 aliphatic rings. The van der Waals surface area contributed by atoms with Crippen LogP contribution in [-0.2, 0) is 6.54 Å². The van der Waals surface area contributed by atoms with Crippen molar-refractivity contribution in [1.29, 1.82) is 0 Å². The van der Waals surface area contributed by atoms with Gasteiger partial charge in [-0.2, -0.15) is 0 Å². The monoisotopic (exact) mass is 266 g/mol. The Kier molecular flexibility index (Phi) is 3.38. The fourth-order valence-corrected chi connectivity index (χ4v) is 1.82. The summed E-state index contributed by atoms with van der Waals surface area (Å²) in [4.78, 5) is 4.21. The van der Waals surface area contributed by atoms with Crippen molar-refractivity contribution < 1.29 is 0 Å². The Labute approximate surface area is 116 Å². The Bertz CT molecular complexity index is 645. The molecule has 20 heavy (non-hydrogen) atoms. The molecule has 1 aromatic carbocycles. The second-order valence-electron chi connectivity index (χ2n) is 4.26. The molecular formula is C14H14N6. The lowest BCUT2D eigenvalue weighted by molar-refractivity contribution is 0.821. The van der Waals surface area contributed by atoms with Crippen LogP contribution in [0, 0.1) is 0 Å². The molecule has 0 fully saturated rings. The zero-order valence-corrected chi connectivity index (χ0v) is 10.7. The summed E-state index contributed by atoms with van der Waals surface area (Å²) in [6.45, 7) is 0.528. The van der Waals surface area contributed by atoms with E-state index in [1.807, 2.05) is 42.5 Å². The minimum atomic E-state index is 0.528. The molecular weight excluding hydrogens is 252 g/mol. The molecule has 0 amide bonds. The number of nitrogens with zero attached hydrogens (tertiary/aromatic N) is 3. The second kappa shape index (κ2) is 5.50. The molecule has 6 heteroatoms. The summed E-state index contributed by atoms with van der Waals surface area (Å²) in [5.41, 5.74) is 14.3. The van der Waals surface area contributed by atoms with Crippen molar-refractivity contribution in [2.75, 3.05) is 0 Å². The van der Waals surface area contributed by atoms with Gasteiger partial charge in [0.25, 0.3) is 0 Å². The van der Waals surface area contributed by atoms with Crippen molar-refractivity contribution in [2.45, 2.75) is 6.54 Å². The van der Waals surface area contributed by atoms with E-state index in [-0.39, 0.29) is 0 Å². The molecule has 100 valence electrons. The number of hydrogen-bond acceptors (Lipinski definition) is 6. The molecule has 4 N–H and O–H groups in total. The number of benzene rings is 1. The molecule has 0 saturated carbocycles. The Balaban J connectivity index is 1.83. The molecule has 2 heterocycles. The SMILES string of the molecule is NCc1ccc(C2=NN=C(c3ccccn3)NN2)cc1. The van der Waals surface area contributed by atoms with Crippen LogP contribution >= 0.6 is 0 Å². The lowest BCUT2D eigenvalue weighted by atomic mass is 10.1. The Morgan fingerprint density at radius 1 is 0.900 bits per heavy atom. The summed E-state index contributed by atoms with van der Waals surface area (Å²) >= 11 is 0. The van der Waals surface area contributed by atoms with Crippen molar-refractivity contribution in [3.8, 4) is 0 Å². The van der Waals surface area contributed by atoms with Gasteiger partial charge in [-0.15, -0.1) is 10.2 Å². The van der Waals surface area contributed by atoms with Crippen LogP contribution in [0.3, 0.4) is 0 Å². The summed E-state index contributed by atoms with van der Waals surface area (Å²) in [7, 11) is 0. The predicted molar refractivity (Wildman–Crippen MR) is 77.9 cm³/mol. The van der Waals surface area contributed by atoms with Crippen molar-refractivity contribution in [3.63, 3.8) is 0 Å². The molecule has 3 rings (SSSR count). The summed E-state index contributed by atoms with van der Waals surface area (Å²) in [5, 5.41) is 8.32. The maximum absolute atomic E-state index is 5.57. The van der Waals surface area contributed by atoms with Gasteiger partial charge in [0.15, 0.2) is 11.7 Å². The van der Waals surface area contributed by atoms with Gasteiger partial charge in [-0.25, -0.2) is 0 Å². The largest absolute Gasteiger partial charge is 0.326 e. The first-order valence-corrected chi connectivity index (χ1v) is 6.25. The lowest BCUT2D eigenvalue weighted by Gasteiger charge is -2.16. The molecule has 0 saturated heterocycles. The predicted octanol–water partition coefficient (Wildman–Crippen LogP) is 0.756. The topological polar surface area (TPSA) is 87.7 Å². The van der Waals surface area contributed by atoms with Crippen LogP contribution in [0.4, 0.5) is 0 Å². The minimum Gasteiger partial charge on any atom is -0.326 e. The van der Waals surface area contributed by atoms with Crippen molar-refractivity contribution >= 4 is 11.7 Å². The Morgan fingerprint density at radius 3 is 2.25 bits per heavy atom. The molecule has 6 nitrogen and oxygen atoms in total. The Hall–Kier alpha value is -2.73. The van der Waals surface area contributed by atoms with Gasteiger partial charge in [0.05, 0.1) is 0 Å². The van der Waals surface area contributed by atoms with Gasteiger partial charge in [-0.3, -0.25) is 15.8 Å². The lowest BCUT2D eigenvalue weighted by Crippen LogP contribution is -2.45. The Morgan fingerprint density at radius 2 is 1.65 bits per heavy atom. The first-order valence-electron chi connectivity index (χ1n) is 6.25. The number of hydrogen-bond donors (Lipinski definition) is 3. The summed E-state index contributed by atoms with van der Waals surface area (Å²) in [5.74, 6) is 1.25. The number of rotatable bonds is 3. The average molecular weight is 266 g/mol. The molecule has 1 aromatic heterocycles. The smallest absolute Gasteiger partial charge is 0.193 e. The van der Waals surface area contributed by atoms with Crippen molar-refractivity contribution in [2.24, 2.45) is 15.9 Å². The highest BCUT2D eigenvalue weighted by atomic mass is 15.5. The van der Waals surface area contributed by atoms with Crippen LogP contribution in [0.15, 0.2) is 58.9 Å². The number of nitrogens with one attached hydrogen (secondary N) is 2. The standard InChI is InChI=1S/C14H14N6/c15-9-10-4-6-11(7-5-10)13-17-19-14(20-18-13)12-3-1-2-8-16-12/h1-8H,9,15H2,(H,17,18)(H,19,20). The maximum atomic E-state index is 5.57. The third kappa shape index (κ3) is 2.50. The third-order valence-electron chi connectivity index (χ3n) is 2.92. The quantitative estimate of drug-likeness (QED) is 0.765. The van der Waals surface area contributed by atoms with Crippen LogP contribution in [0.5, 0.6) is 0 Å². The highest BCUT2D eigenvalue weighted by Crippen LogP contribution is 2.06. The van der Waals surface area contributed by atoms with E-state index in [1.54, 1.807) is 6.20 Å². The van der Waals surface area contributed by atoms with Crippen LogP contribution < -0.4 is 16.6 Å². The summed E-state index contributed by atoms with van der Waals surface area (Å²) < 4.78 is 0. The number of amidine groups is 2. The zero-order chi connectivity index (χ0) is 13.8. The van der Waals surface area contributed by atoms with E-state index in [0.717, 1.165) is 16.8 Å². The highest BCUT2D eigenvalue weighted by molar-refractivity contribution is 6.05. The number of nitrogens with two attached hydrogens (primary N) is 1. The van der Waals surface area contributed by atoms with Gasteiger partial charge < -0.3 is 5.73 Å². The first-order chi connectivity index (χ1) is 9.86. The fourth-order valence-electron chi connectivity index (χ4n) is 1.82. The molecule has 0 spiro atoms. The minimum absolute atomic E-state index is 0.528. The van der Waals surface area contributed by atoms with Gasteiger partial charge in [0.1, 0.15) is 5.69 Å². The zero-order valence-electron chi connectivity index (χ0n) is 10.7. The third-order valence-corrected chi connectivity index (χ3v) is 2.92. The molecule has 0 atom stereocenters. The van der Waals surface area contributed by atoms with Crippen LogP contribution in [0.25, 0.3) is 0 Å². The number of pyridine rings is 1. The van der Waals surface area contributed by atoms with E-state index >= 15 is 0 Å². The molecule has 0 unspecified atom stereocenters. The average Bonchev–Trinajstić information content (AvgIpc) is 2.56. The fraction of sp³-hybridized carbons (Fsp3) is 0.0714. The van der Waals surface area contributed by atoms with Gasteiger partial charge in [0, 0.05) is 18.3 Å². The van der Waals surface area contributed by atoms with E-state index in [1.165, 1.54) is 0 Å². The van der Waals surface area contributed by atoms with E-state index in [0.29, 0.717) is 18.2 Å². The summed E-state index contributed by atoms with van der Waals surface area (Å²) in [6.07, 6.45) is 1.71. The van der Waals surface area contributed by atoms with Gasteiger partial charge in [0.2, 0.25) is 0 Å². The number of aromatic nitrogens is 1. The highest BCUT2D eigenvalue weighted by Gasteiger charge is 2.12. The molecule has 0 radical (unpaired) electrons. The summed E-state index contributed by atoms with van der Waals surface area (Å²) in [6, 6.07) is 13.5. The van der Waals surface area contributed by atoms with Gasteiger partial charge in [-0.05, 0) is 17.7 Å². The normalized spacial score (nSPS) is 13.8. The van der Waals surface area contributed by atoms with Gasteiger partial charge >= 0.3 is 0 Å². The molecule has 2 aromatic rings. The number of hydrazine groups is 1. The van der Waals surface area contributed by atoms with E-state index in [4.69, 9.17) is 5.73 Å². The molecule has 1 aliphatic heterocycles. The van der Waals surface area contributed by atoms with Crippen molar-refractivity contribution in [3.05, 3.63) is 65.5 Å². The van der Waals surface area contributed by atoms with E-state index < -0.39 is 0 Å². The van der Waals surface area contributed by atoms with Gasteiger partial charge in [-0.1, -0.05) is 30.3 Å². The van der Waals surface area contributed by atoms with E-state index in [9.17, 15) is 0 Å². The second-order valence-corrected chi connectivity index (χ2v) is 4.26. The maximum Gasteiger partial charge on any atom is 0.193 e. The van der Waals surface area contributed by atoms with Crippen LogP contribution in [0.2, 0.25) is 0 Å². The van der Waals surface area contributed by atoms with Crippen LogP contribution in [0.1, 0.15) is 16.8 Å². The first kappa shape index (κ1) is 12.3. The molecule has 0 bridgehead atoms. The van der Waals surface area contributed by atoms with Crippen LogP contribution in [-0.4, -0.2) is 16.7 Å². The molecule has 0 aliphatic carbocycles.